The van der Waals surface area contributed by atoms with Gasteiger partial charge in [0, 0.05) is 17.8 Å². The molecule has 0 atom stereocenters. The van der Waals surface area contributed by atoms with Gasteiger partial charge in [-0.05, 0) is 32.2 Å². The van der Waals surface area contributed by atoms with E-state index in [1.807, 2.05) is 0 Å². The summed E-state index contributed by atoms with van der Waals surface area (Å²) in [6.45, 7) is 6.57. The molecule has 0 spiro atoms. The number of aromatic nitrogens is 2. The molecule has 3 nitrogen and oxygen atoms in total. The first-order valence-electron chi connectivity index (χ1n) is 8.62. The quantitative estimate of drug-likeness (QED) is 0.597. The van der Waals surface area contributed by atoms with Crippen molar-refractivity contribution in [3.8, 4) is 0 Å². The zero-order valence-corrected chi connectivity index (χ0v) is 13.3. The smallest absolute Gasteiger partial charge is 0.0537 e. The molecule has 2 rings (SSSR count). The third-order valence-corrected chi connectivity index (χ3v) is 4.38. The van der Waals surface area contributed by atoms with Gasteiger partial charge in [0.1, 0.15) is 0 Å². The zero-order valence-electron chi connectivity index (χ0n) is 13.3. The van der Waals surface area contributed by atoms with Crippen LogP contribution in [-0.2, 0) is 13.0 Å². The average molecular weight is 277 g/mol. The first-order valence-corrected chi connectivity index (χ1v) is 8.62. The second kappa shape index (κ2) is 8.46. The molecule has 1 aliphatic carbocycles. The molecule has 0 aliphatic heterocycles. The van der Waals surface area contributed by atoms with Gasteiger partial charge in [-0.25, -0.2) is 0 Å². The van der Waals surface area contributed by atoms with E-state index in [0.717, 1.165) is 13.1 Å². The summed E-state index contributed by atoms with van der Waals surface area (Å²) < 4.78 is 2.37. The summed E-state index contributed by atoms with van der Waals surface area (Å²) in [4.78, 5) is 0. The highest BCUT2D eigenvalue weighted by molar-refractivity contribution is 5.18. The summed E-state index contributed by atoms with van der Waals surface area (Å²) in [5.74, 6) is 0. The fourth-order valence-corrected chi connectivity index (χ4v) is 3.30. The molecule has 0 bridgehead atoms. The predicted molar refractivity (Wildman–Crippen MR) is 85.0 cm³/mol. The van der Waals surface area contributed by atoms with Crippen molar-refractivity contribution in [3.05, 3.63) is 17.5 Å². The van der Waals surface area contributed by atoms with E-state index in [-0.39, 0.29) is 0 Å². The first kappa shape index (κ1) is 15.6. The van der Waals surface area contributed by atoms with Gasteiger partial charge in [-0.2, -0.15) is 5.10 Å². The van der Waals surface area contributed by atoms with Crippen molar-refractivity contribution in [1.82, 2.24) is 15.1 Å². The van der Waals surface area contributed by atoms with E-state index in [1.54, 1.807) is 0 Å². The van der Waals surface area contributed by atoms with Crippen molar-refractivity contribution in [2.75, 3.05) is 6.54 Å². The third-order valence-electron chi connectivity index (χ3n) is 4.38. The molecule has 0 aromatic carbocycles. The van der Waals surface area contributed by atoms with Crippen molar-refractivity contribution in [2.24, 2.45) is 0 Å². The van der Waals surface area contributed by atoms with Gasteiger partial charge in [0.25, 0.3) is 0 Å². The fraction of sp³-hybridized carbons (Fsp3) is 0.824. The van der Waals surface area contributed by atoms with E-state index < -0.39 is 0 Å². The zero-order chi connectivity index (χ0) is 14.2. The van der Waals surface area contributed by atoms with Crippen LogP contribution in [0, 0.1) is 0 Å². The van der Waals surface area contributed by atoms with Crippen molar-refractivity contribution in [3.63, 3.8) is 0 Å². The van der Waals surface area contributed by atoms with Gasteiger partial charge >= 0.3 is 0 Å². The van der Waals surface area contributed by atoms with E-state index in [0.29, 0.717) is 6.04 Å². The number of hydrogen-bond donors (Lipinski definition) is 1. The Morgan fingerprint density at radius 3 is 2.55 bits per heavy atom. The topological polar surface area (TPSA) is 29.9 Å². The SMILES string of the molecule is CCCNCc1cnn(C2CCCCCC2)c1CCC. The summed E-state index contributed by atoms with van der Waals surface area (Å²) in [6, 6.07) is 0.652. The molecule has 1 heterocycles. The molecular formula is C17H31N3. The van der Waals surface area contributed by atoms with Crippen LogP contribution in [0.2, 0.25) is 0 Å². The summed E-state index contributed by atoms with van der Waals surface area (Å²) in [6.07, 6.45) is 13.9. The van der Waals surface area contributed by atoms with E-state index in [2.05, 4.69) is 30.0 Å². The molecule has 20 heavy (non-hydrogen) atoms. The van der Waals surface area contributed by atoms with Gasteiger partial charge < -0.3 is 5.32 Å². The van der Waals surface area contributed by atoms with Crippen LogP contribution in [0.4, 0.5) is 0 Å². The predicted octanol–water partition coefficient (Wildman–Crippen LogP) is 4.23. The molecule has 0 radical (unpaired) electrons. The highest BCUT2D eigenvalue weighted by atomic mass is 15.3. The maximum Gasteiger partial charge on any atom is 0.0537 e. The second-order valence-electron chi connectivity index (χ2n) is 6.13. The molecule has 0 saturated heterocycles. The van der Waals surface area contributed by atoms with E-state index in [4.69, 9.17) is 5.10 Å². The Balaban J connectivity index is 2.10. The Kier molecular flexibility index (Phi) is 6.58. The maximum atomic E-state index is 4.76. The molecular weight excluding hydrogens is 246 g/mol. The lowest BCUT2D eigenvalue weighted by Crippen LogP contribution is -2.17. The lowest BCUT2D eigenvalue weighted by atomic mass is 10.1. The van der Waals surface area contributed by atoms with Crippen molar-refractivity contribution in [2.45, 2.75) is 84.2 Å². The molecule has 1 aliphatic rings. The molecule has 1 fully saturated rings. The van der Waals surface area contributed by atoms with Crippen LogP contribution in [0.15, 0.2) is 6.20 Å². The Morgan fingerprint density at radius 2 is 1.90 bits per heavy atom. The van der Waals surface area contributed by atoms with E-state index >= 15 is 0 Å². The van der Waals surface area contributed by atoms with Gasteiger partial charge in [0.2, 0.25) is 0 Å². The van der Waals surface area contributed by atoms with Crippen LogP contribution < -0.4 is 5.32 Å². The molecule has 3 heteroatoms. The molecule has 1 saturated carbocycles. The van der Waals surface area contributed by atoms with Crippen molar-refractivity contribution >= 4 is 0 Å². The van der Waals surface area contributed by atoms with Crippen LogP contribution in [0.1, 0.15) is 82.5 Å². The molecule has 0 unspecified atom stereocenters. The average Bonchev–Trinajstić information content (AvgIpc) is 2.68. The summed E-state index contributed by atoms with van der Waals surface area (Å²) in [5.41, 5.74) is 2.91. The molecule has 114 valence electrons. The lowest BCUT2D eigenvalue weighted by Gasteiger charge is -2.19. The van der Waals surface area contributed by atoms with Crippen molar-refractivity contribution in [1.29, 1.82) is 0 Å². The molecule has 1 aromatic heterocycles. The maximum absolute atomic E-state index is 4.76. The van der Waals surface area contributed by atoms with Gasteiger partial charge in [0.15, 0.2) is 0 Å². The number of nitrogens with one attached hydrogen (secondary N) is 1. The van der Waals surface area contributed by atoms with Crippen LogP contribution >= 0.6 is 0 Å². The largest absolute Gasteiger partial charge is 0.313 e. The Morgan fingerprint density at radius 1 is 1.15 bits per heavy atom. The van der Waals surface area contributed by atoms with Gasteiger partial charge in [-0.15, -0.1) is 0 Å². The summed E-state index contributed by atoms with van der Waals surface area (Å²) in [7, 11) is 0. The molecule has 0 amide bonds. The number of rotatable bonds is 7. The first-order chi connectivity index (χ1) is 9.86. The van der Waals surface area contributed by atoms with Crippen LogP contribution in [0.25, 0.3) is 0 Å². The third kappa shape index (κ3) is 4.08. The normalized spacial score (nSPS) is 17.3. The monoisotopic (exact) mass is 277 g/mol. The highest BCUT2D eigenvalue weighted by Crippen LogP contribution is 2.29. The minimum absolute atomic E-state index is 0.652. The van der Waals surface area contributed by atoms with Crippen LogP contribution in [0.3, 0.4) is 0 Å². The summed E-state index contributed by atoms with van der Waals surface area (Å²) in [5, 5.41) is 8.28. The van der Waals surface area contributed by atoms with E-state index in [1.165, 1.54) is 69.0 Å². The Bertz CT molecular complexity index is 376. The fourth-order valence-electron chi connectivity index (χ4n) is 3.30. The standard InChI is InChI=1S/C17H31N3/c1-3-9-17-15(13-18-12-4-2)14-19-20(17)16-10-7-5-6-8-11-16/h14,16,18H,3-13H2,1-2H3. The highest BCUT2D eigenvalue weighted by Gasteiger charge is 2.19. The van der Waals surface area contributed by atoms with Crippen molar-refractivity contribution < 1.29 is 0 Å². The minimum atomic E-state index is 0.652. The molecule has 1 N–H and O–H groups in total. The van der Waals surface area contributed by atoms with Gasteiger partial charge in [-0.3, -0.25) is 4.68 Å². The van der Waals surface area contributed by atoms with Gasteiger partial charge in [0.05, 0.1) is 12.2 Å². The van der Waals surface area contributed by atoms with Crippen LogP contribution in [-0.4, -0.2) is 16.3 Å². The number of hydrogen-bond acceptors (Lipinski definition) is 2. The number of nitrogens with zero attached hydrogens (tertiary/aromatic N) is 2. The molecule has 1 aromatic rings. The van der Waals surface area contributed by atoms with Gasteiger partial charge in [-0.1, -0.05) is 46.0 Å². The minimum Gasteiger partial charge on any atom is -0.313 e. The van der Waals surface area contributed by atoms with Crippen LogP contribution in [0.5, 0.6) is 0 Å². The Labute approximate surface area is 124 Å². The summed E-state index contributed by atoms with van der Waals surface area (Å²) >= 11 is 0. The Hall–Kier alpha value is -0.830. The second-order valence-corrected chi connectivity index (χ2v) is 6.13. The van der Waals surface area contributed by atoms with E-state index in [9.17, 15) is 0 Å². The lowest BCUT2D eigenvalue weighted by molar-refractivity contribution is 0.392.